The van der Waals surface area contributed by atoms with Crippen LogP contribution in [0.3, 0.4) is 0 Å². The highest BCUT2D eigenvalue weighted by molar-refractivity contribution is 5.82. The summed E-state index contributed by atoms with van der Waals surface area (Å²) >= 11 is 0. The lowest BCUT2D eigenvalue weighted by atomic mass is 9.96. The predicted octanol–water partition coefficient (Wildman–Crippen LogP) is 1.55. The Hall–Kier alpha value is -1.30. The van der Waals surface area contributed by atoms with Gasteiger partial charge in [0.25, 0.3) is 0 Å². The number of urea groups is 1. The van der Waals surface area contributed by atoms with Gasteiger partial charge in [0.1, 0.15) is 6.04 Å². The molecule has 0 saturated carbocycles. The fourth-order valence-electron chi connectivity index (χ4n) is 2.43. The number of carbonyl (C=O) groups is 2. The first-order chi connectivity index (χ1) is 9.40. The molecule has 4 atom stereocenters. The average Bonchev–Trinajstić information content (AvgIpc) is 2.43. The van der Waals surface area contributed by atoms with Gasteiger partial charge >= 0.3 is 12.0 Å². The number of nitrogens with zero attached hydrogens (tertiary/aromatic N) is 1. The number of ether oxygens (including phenoxy) is 1. The standard InChI is InChI=1S/C14H26N2O4/c1-5-9(2)12(13(17)18)15-14(19)16-7-6-10(3)11(8-16)20-4/h9-12H,5-8H2,1-4H3,(H,15,19)(H,17,18)/t9-,10?,11?,12-/m0/s1. The van der Waals surface area contributed by atoms with Gasteiger partial charge in [0, 0.05) is 20.2 Å². The third-order valence-electron chi connectivity index (χ3n) is 4.24. The number of likely N-dealkylation sites (tertiary alicyclic amines) is 1. The van der Waals surface area contributed by atoms with Gasteiger partial charge < -0.3 is 20.1 Å². The second-order valence-electron chi connectivity index (χ2n) is 5.64. The van der Waals surface area contributed by atoms with Gasteiger partial charge in [-0.1, -0.05) is 27.2 Å². The van der Waals surface area contributed by atoms with Crippen molar-refractivity contribution in [2.75, 3.05) is 20.2 Å². The molecule has 2 unspecified atom stereocenters. The molecule has 116 valence electrons. The third kappa shape index (κ3) is 4.10. The van der Waals surface area contributed by atoms with Gasteiger partial charge in [0.15, 0.2) is 0 Å². The maximum absolute atomic E-state index is 12.2. The molecule has 0 aromatic heterocycles. The van der Waals surface area contributed by atoms with Crippen molar-refractivity contribution in [3.8, 4) is 0 Å². The summed E-state index contributed by atoms with van der Waals surface area (Å²) in [5, 5.41) is 11.8. The van der Waals surface area contributed by atoms with Crippen molar-refractivity contribution in [2.24, 2.45) is 11.8 Å². The van der Waals surface area contributed by atoms with Crippen LogP contribution in [0.5, 0.6) is 0 Å². The number of nitrogens with one attached hydrogen (secondary N) is 1. The summed E-state index contributed by atoms with van der Waals surface area (Å²) in [5.74, 6) is -0.673. The zero-order chi connectivity index (χ0) is 15.3. The molecule has 6 nitrogen and oxygen atoms in total. The van der Waals surface area contributed by atoms with Crippen molar-refractivity contribution < 1.29 is 19.4 Å². The summed E-state index contributed by atoms with van der Waals surface area (Å²) < 4.78 is 5.37. The Balaban J connectivity index is 2.63. The Morgan fingerprint density at radius 2 is 2.15 bits per heavy atom. The highest BCUT2D eigenvalue weighted by Crippen LogP contribution is 2.19. The Labute approximate surface area is 120 Å². The van der Waals surface area contributed by atoms with Gasteiger partial charge in [-0.15, -0.1) is 0 Å². The highest BCUT2D eigenvalue weighted by Gasteiger charge is 2.32. The quantitative estimate of drug-likeness (QED) is 0.803. The zero-order valence-corrected chi connectivity index (χ0v) is 12.8. The van der Waals surface area contributed by atoms with Gasteiger partial charge in [0.2, 0.25) is 0 Å². The van der Waals surface area contributed by atoms with Gasteiger partial charge in [0.05, 0.1) is 6.10 Å². The Morgan fingerprint density at radius 1 is 1.50 bits per heavy atom. The van der Waals surface area contributed by atoms with E-state index in [1.807, 2.05) is 13.8 Å². The molecule has 20 heavy (non-hydrogen) atoms. The van der Waals surface area contributed by atoms with Crippen LogP contribution in [-0.2, 0) is 9.53 Å². The van der Waals surface area contributed by atoms with Crippen LogP contribution in [0.2, 0.25) is 0 Å². The number of carboxylic acids is 1. The SMILES string of the molecule is CC[C@H](C)[C@H](NC(=O)N1CCC(C)C(OC)C1)C(=O)O. The molecule has 0 bridgehead atoms. The molecule has 0 aromatic rings. The van der Waals surface area contributed by atoms with Crippen molar-refractivity contribution in [2.45, 2.75) is 45.8 Å². The molecular weight excluding hydrogens is 260 g/mol. The van der Waals surface area contributed by atoms with Crippen molar-refractivity contribution in [1.82, 2.24) is 10.2 Å². The minimum Gasteiger partial charge on any atom is -0.480 e. The number of carbonyl (C=O) groups excluding carboxylic acids is 1. The largest absolute Gasteiger partial charge is 0.480 e. The number of methoxy groups -OCH3 is 1. The molecule has 1 saturated heterocycles. The summed E-state index contributed by atoms with van der Waals surface area (Å²) in [6.07, 6.45) is 1.59. The van der Waals surface area contributed by atoms with E-state index < -0.39 is 12.0 Å². The minimum absolute atomic E-state index is 0.0152. The topological polar surface area (TPSA) is 78.9 Å². The van der Waals surface area contributed by atoms with Crippen LogP contribution in [-0.4, -0.2) is 54.4 Å². The second kappa shape index (κ2) is 7.47. The van der Waals surface area contributed by atoms with Crippen molar-refractivity contribution in [3.05, 3.63) is 0 Å². The summed E-state index contributed by atoms with van der Waals surface area (Å²) in [7, 11) is 1.64. The lowest BCUT2D eigenvalue weighted by Crippen LogP contribution is -2.55. The summed E-state index contributed by atoms with van der Waals surface area (Å²) in [6.45, 7) is 6.99. The predicted molar refractivity (Wildman–Crippen MR) is 75.6 cm³/mol. The molecule has 1 fully saturated rings. The van der Waals surface area contributed by atoms with Gasteiger partial charge in [-0.3, -0.25) is 0 Å². The lowest BCUT2D eigenvalue weighted by molar-refractivity contribution is -0.140. The number of rotatable bonds is 5. The van der Waals surface area contributed by atoms with Gasteiger partial charge in [-0.05, 0) is 18.3 Å². The fraction of sp³-hybridized carbons (Fsp3) is 0.857. The van der Waals surface area contributed by atoms with Crippen LogP contribution in [0.25, 0.3) is 0 Å². The van der Waals surface area contributed by atoms with E-state index in [0.717, 1.165) is 6.42 Å². The Morgan fingerprint density at radius 3 is 2.65 bits per heavy atom. The van der Waals surface area contributed by atoms with Crippen LogP contribution in [0, 0.1) is 11.8 Å². The van der Waals surface area contributed by atoms with E-state index in [9.17, 15) is 14.7 Å². The van der Waals surface area contributed by atoms with Crippen LogP contribution >= 0.6 is 0 Å². The van der Waals surface area contributed by atoms with Crippen molar-refractivity contribution >= 4 is 12.0 Å². The van der Waals surface area contributed by atoms with Crippen LogP contribution in [0.1, 0.15) is 33.6 Å². The molecule has 0 aliphatic carbocycles. The third-order valence-corrected chi connectivity index (χ3v) is 4.24. The number of carboxylic acid groups (broad SMARTS) is 1. The average molecular weight is 286 g/mol. The normalized spacial score (nSPS) is 25.9. The molecule has 6 heteroatoms. The Bertz CT molecular complexity index is 348. The molecule has 0 aromatic carbocycles. The number of amides is 2. The molecule has 2 N–H and O–H groups in total. The molecule has 2 amide bonds. The molecule has 1 heterocycles. The Kier molecular flexibility index (Phi) is 6.26. The number of hydrogen-bond donors (Lipinski definition) is 2. The first-order valence-corrected chi connectivity index (χ1v) is 7.21. The molecular formula is C14H26N2O4. The molecule has 1 aliphatic heterocycles. The maximum atomic E-state index is 12.2. The van der Waals surface area contributed by atoms with Crippen LogP contribution < -0.4 is 5.32 Å². The molecule has 0 radical (unpaired) electrons. The number of piperidine rings is 1. The van der Waals surface area contributed by atoms with E-state index in [1.54, 1.807) is 12.0 Å². The van der Waals surface area contributed by atoms with E-state index in [1.165, 1.54) is 0 Å². The van der Waals surface area contributed by atoms with Crippen LogP contribution in [0.4, 0.5) is 4.79 Å². The van der Waals surface area contributed by atoms with E-state index in [4.69, 9.17) is 4.74 Å². The van der Waals surface area contributed by atoms with Crippen molar-refractivity contribution in [1.29, 1.82) is 0 Å². The number of hydrogen-bond acceptors (Lipinski definition) is 3. The number of aliphatic carboxylic acids is 1. The summed E-state index contributed by atoms with van der Waals surface area (Å²) in [6, 6.07) is -1.15. The first-order valence-electron chi connectivity index (χ1n) is 7.21. The van der Waals surface area contributed by atoms with E-state index in [-0.39, 0.29) is 18.1 Å². The molecule has 0 spiro atoms. The summed E-state index contributed by atoms with van der Waals surface area (Å²) in [5.41, 5.74) is 0. The van der Waals surface area contributed by atoms with E-state index in [0.29, 0.717) is 25.4 Å². The zero-order valence-electron chi connectivity index (χ0n) is 12.8. The van der Waals surface area contributed by atoms with Gasteiger partial charge in [-0.2, -0.15) is 0 Å². The lowest BCUT2D eigenvalue weighted by Gasteiger charge is -2.37. The second-order valence-corrected chi connectivity index (χ2v) is 5.64. The first kappa shape index (κ1) is 16.8. The maximum Gasteiger partial charge on any atom is 0.326 e. The summed E-state index contributed by atoms with van der Waals surface area (Å²) in [4.78, 5) is 25.1. The van der Waals surface area contributed by atoms with E-state index >= 15 is 0 Å². The fourth-order valence-corrected chi connectivity index (χ4v) is 2.43. The monoisotopic (exact) mass is 286 g/mol. The molecule has 1 rings (SSSR count). The molecule has 1 aliphatic rings. The smallest absolute Gasteiger partial charge is 0.326 e. The minimum atomic E-state index is -0.985. The highest BCUT2D eigenvalue weighted by atomic mass is 16.5. The van der Waals surface area contributed by atoms with E-state index in [2.05, 4.69) is 12.2 Å². The van der Waals surface area contributed by atoms with Crippen LogP contribution in [0.15, 0.2) is 0 Å². The van der Waals surface area contributed by atoms with Crippen molar-refractivity contribution in [3.63, 3.8) is 0 Å². The van der Waals surface area contributed by atoms with Gasteiger partial charge in [-0.25, -0.2) is 9.59 Å².